The Labute approximate surface area is 121 Å². The fourth-order valence-electron chi connectivity index (χ4n) is 1.86. The number of unbranched alkanes of at least 4 members (excludes halogenated alkanes) is 1. The maximum absolute atomic E-state index is 13.5. The molecule has 1 aromatic carbocycles. The summed E-state index contributed by atoms with van der Waals surface area (Å²) in [7, 11) is 0. The maximum atomic E-state index is 13.5. The third kappa shape index (κ3) is 3.17. The average molecular weight is 299 g/mol. The van der Waals surface area contributed by atoms with Crippen LogP contribution < -0.4 is 10.7 Å². The largest absolute Gasteiger partial charge is 0.358 e. The van der Waals surface area contributed by atoms with Crippen molar-refractivity contribution < 1.29 is 9.18 Å². The van der Waals surface area contributed by atoms with E-state index in [1.165, 1.54) is 24.4 Å². The van der Waals surface area contributed by atoms with Crippen molar-refractivity contribution in [2.75, 3.05) is 6.54 Å². The van der Waals surface area contributed by atoms with Crippen LogP contribution in [-0.4, -0.2) is 17.4 Å². The second kappa shape index (κ2) is 7.05. The molecule has 0 spiro atoms. The molecule has 0 saturated heterocycles. The smallest absolute Gasteiger partial charge is 0.256 e. The number of H-pyrrole nitrogens is 1. The van der Waals surface area contributed by atoms with Crippen molar-refractivity contribution in [3.8, 4) is 0 Å². The number of hydrogen-bond acceptors (Lipinski definition) is 2. The van der Waals surface area contributed by atoms with Gasteiger partial charge in [0.25, 0.3) is 5.91 Å². The molecule has 20 heavy (non-hydrogen) atoms. The standard InChI is InChI=1S/C14H15FN2O2.ClH/c1-2-3-7-16-14(19)10-8-17-12-9(13(10)18)5-4-6-11(12)15;/h4-6,8H,2-3,7H2,1H3,(H,16,19)(H,17,18);1H. The summed E-state index contributed by atoms with van der Waals surface area (Å²) in [5.74, 6) is -0.937. The maximum Gasteiger partial charge on any atom is 0.256 e. The van der Waals surface area contributed by atoms with Crippen molar-refractivity contribution in [3.63, 3.8) is 0 Å². The molecule has 0 aliphatic heterocycles. The quantitative estimate of drug-likeness (QED) is 0.852. The molecule has 0 saturated carbocycles. The molecular formula is C14H16ClFN2O2. The summed E-state index contributed by atoms with van der Waals surface area (Å²) >= 11 is 0. The number of carbonyl (C=O) groups excluding carboxylic acids is 1. The van der Waals surface area contributed by atoms with Crippen LogP contribution in [0.1, 0.15) is 30.1 Å². The van der Waals surface area contributed by atoms with Gasteiger partial charge < -0.3 is 10.3 Å². The summed E-state index contributed by atoms with van der Waals surface area (Å²) < 4.78 is 13.5. The number of pyridine rings is 1. The van der Waals surface area contributed by atoms with Gasteiger partial charge in [-0.2, -0.15) is 0 Å². The second-order valence-corrected chi connectivity index (χ2v) is 4.30. The highest BCUT2D eigenvalue weighted by molar-refractivity contribution is 5.97. The van der Waals surface area contributed by atoms with Gasteiger partial charge in [0.05, 0.1) is 5.52 Å². The summed E-state index contributed by atoms with van der Waals surface area (Å²) in [6.07, 6.45) is 3.07. The number of hydrogen-bond donors (Lipinski definition) is 2. The summed E-state index contributed by atoms with van der Waals surface area (Å²) in [4.78, 5) is 26.6. The van der Waals surface area contributed by atoms with E-state index in [0.717, 1.165) is 12.8 Å². The number of fused-ring (bicyclic) bond motifs is 1. The molecule has 1 aromatic heterocycles. The molecule has 108 valence electrons. The van der Waals surface area contributed by atoms with E-state index in [2.05, 4.69) is 10.3 Å². The number of para-hydroxylation sites is 1. The zero-order valence-corrected chi connectivity index (χ0v) is 11.8. The Morgan fingerprint density at radius 3 is 2.85 bits per heavy atom. The number of halogens is 2. The Bertz CT molecular complexity index is 670. The second-order valence-electron chi connectivity index (χ2n) is 4.30. The highest BCUT2D eigenvalue weighted by Crippen LogP contribution is 2.11. The predicted octanol–water partition coefficient (Wildman–Crippen LogP) is 2.62. The molecule has 0 bridgehead atoms. The van der Waals surface area contributed by atoms with Crippen molar-refractivity contribution in [2.45, 2.75) is 19.8 Å². The van der Waals surface area contributed by atoms with Crippen LogP contribution >= 0.6 is 12.4 Å². The van der Waals surface area contributed by atoms with Gasteiger partial charge in [-0.1, -0.05) is 19.4 Å². The molecule has 1 heterocycles. The molecule has 4 nitrogen and oxygen atoms in total. The number of nitrogens with one attached hydrogen (secondary N) is 2. The lowest BCUT2D eigenvalue weighted by molar-refractivity contribution is 0.0952. The van der Waals surface area contributed by atoms with Gasteiger partial charge in [-0.15, -0.1) is 12.4 Å². The molecule has 6 heteroatoms. The van der Waals surface area contributed by atoms with Crippen LogP contribution in [-0.2, 0) is 0 Å². The number of aromatic amines is 1. The fraction of sp³-hybridized carbons (Fsp3) is 0.286. The van der Waals surface area contributed by atoms with E-state index in [-0.39, 0.29) is 28.9 Å². The van der Waals surface area contributed by atoms with Gasteiger partial charge in [-0.3, -0.25) is 9.59 Å². The minimum Gasteiger partial charge on any atom is -0.358 e. The van der Waals surface area contributed by atoms with Crippen LogP contribution in [0.4, 0.5) is 4.39 Å². The minimum absolute atomic E-state index is 0. The van der Waals surface area contributed by atoms with Gasteiger partial charge in [0.1, 0.15) is 11.4 Å². The van der Waals surface area contributed by atoms with Crippen LogP contribution in [0, 0.1) is 5.82 Å². The highest BCUT2D eigenvalue weighted by atomic mass is 35.5. The van der Waals surface area contributed by atoms with Gasteiger partial charge in [0.2, 0.25) is 5.43 Å². The zero-order chi connectivity index (χ0) is 13.8. The number of benzene rings is 1. The monoisotopic (exact) mass is 298 g/mol. The SMILES string of the molecule is CCCCNC(=O)c1c[nH]c2c(F)cccc2c1=O.Cl. The van der Waals surface area contributed by atoms with Crippen LogP contribution in [0.15, 0.2) is 29.2 Å². The van der Waals surface area contributed by atoms with Crippen LogP contribution in [0.5, 0.6) is 0 Å². The van der Waals surface area contributed by atoms with Crippen LogP contribution in [0.25, 0.3) is 10.9 Å². The van der Waals surface area contributed by atoms with Gasteiger partial charge in [-0.05, 0) is 18.6 Å². The average Bonchev–Trinajstić information content (AvgIpc) is 2.40. The first kappa shape index (κ1) is 16.2. The highest BCUT2D eigenvalue weighted by Gasteiger charge is 2.13. The zero-order valence-electron chi connectivity index (χ0n) is 11.0. The summed E-state index contributed by atoms with van der Waals surface area (Å²) in [5.41, 5.74) is -0.325. The van der Waals surface area contributed by atoms with Crippen molar-refractivity contribution in [1.29, 1.82) is 0 Å². The summed E-state index contributed by atoms with van der Waals surface area (Å²) in [5, 5.41) is 2.85. The molecule has 0 unspecified atom stereocenters. The molecule has 0 aliphatic rings. The number of rotatable bonds is 4. The van der Waals surface area contributed by atoms with Crippen molar-refractivity contribution in [3.05, 3.63) is 46.0 Å². The summed E-state index contributed by atoms with van der Waals surface area (Å²) in [6.45, 7) is 2.54. The van der Waals surface area contributed by atoms with Gasteiger partial charge in [0, 0.05) is 18.1 Å². The van der Waals surface area contributed by atoms with E-state index in [4.69, 9.17) is 0 Å². The molecule has 2 aromatic rings. The minimum atomic E-state index is -0.507. The Morgan fingerprint density at radius 1 is 1.40 bits per heavy atom. The van der Waals surface area contributed by atoms with E-state index < -0.39 is 17.2 Å². The lowest BCUT2D eigenvalue weighted by atomic mass is 10.1. The molecule has 0 aliphatic carbocycles. The number of amides is 1. The first-order valence-electron chi connectivity index (χ1n) is 6.23. The van der Waals surface area contributed by atoms with E-state index >= 15 is 0 Å². The van der Waals surface area contributed by atoms with Gasteiger partial charge >= 0.3 is 0 Å². The molecule has 1 amide bonds. The lowest BCUT2D eigenvalue weighted by Gasteiger charge is -2.05. The van der Waals surface area contributed by atoms with E-state index in [0.29, 0.717) is 6.54 Å². The number of aromatic nitrogens is 1. The van der Waals surface area contributed by atoms with E-state index in [9.17, 15) is 14.0 Å². The topological polar surface area (TPSA) is 62.0 Å². The molecule has 0 atom stereocenters. The molecule has 2 N–H and O–H groups in total. The summed E-state index contributed by atoms with van der Waals surface area (Å²) in [6, 6.07) is 4.21. The Hall–Kier alpha value is -1.88. The molecular weight excluding hydrogens is 283 g/mol. The first-order chi connectivity index (χ1) is 9.15. The third-order valence-electron chi connectivity index (χ3n) is 2.92. The van der Waals surface area contributed by atoms with Gasteiger partial charge in [0.15, 0.2) is 0 Å². The van der Waals surface area contributed by atoms with E-state index in [1.54, 1.807) is 0 Å². The predicted molar refractivity (Wildman–Crippen MR) is 79.0 cm³/mol. The van der Waals surface area contributed by atoms with Gasteiger partial charge in [-0.25, -0.2) is 4.39 Å². The number of carbonyl (C=O) groups is 1. The van der Waals surface area contributed by atoms with Crippen molar-refractivity contribution in [1.82, 2.24) is 10.3 Å². The Kier molecular flexibility index (Phi) is 5.70. The molecule has 0 radical (unpaired) electrons. The normalized spacial score (nSPS) is 10.1. The lowest BCUT2D eigenvalue weighted by Crippen LogP contribution is -2.29. The van der Waals surface area contributed by atoms with E-state index in [1.807, 2.05) is 6.92 Å². The first-order valence-corrected chi connectivity index (χ1v) is 6.23. The van der Waals surface area contributed by atoms with Crippen molar-refractivity contribution >= 4 is 29.2 Å². The van der Waals surface area contributed by atoms with Crippen molar-refractivity contribution in [2.24, 2.45) is 0 Å². The third-order valence-corrected chi connectivity index (χ3v) is 2.92. The fourth-order valence-corrected chi connectivity index (χ4v) is 1.86. The Morgan fingerprint density at radius 2 is 2.15 bits per heavy atom. The Balaban J connectivity index is 0.00000200. The van der Waals surface area contributed by atoms with Crippen LogP contribution in [0.2, 0.25) is 0 Å². The molecule has 0 fully saturated rings. The van der Waals surface area contributed by atoms with Crippen LogP contribution in [0.3, 0.4) is 0 Å². The molecule has 2 rings (SSSR count).